The van der Waals surface area contributed by atoms with Gasteiger partial charge >= 0.3 is 0 Å². The summed E-state index contributed by atoms with van der Waals surface area (Å²) in [6.45, 7) is 12.5. The minimum atomic E-state index is -0.515. The molecule has 0 radical (unpaired) electrons. The number of benzene rings is 1. The standard InChI is InChI=1S/C35H59N5O5/c1-10-24(4)33(39(8)31(42)22-37-35(44)32(36-7)23(2)3)29(45-9)21-30(41)40-18-14-17-28(40)19-25(5)34(43)38-26(6)20-27-15-12-11-13-16-27/h11-13,15-16,23-26,28-29,32-33,36H,10,14,17-22H2,1-9H3,(H,37,44)(H,38,43)/t24-,25+,26+,28-,29+,32-,33-/m0/s1. The van der Waals surface area contributed by atoms with Crippen molar-refractivity contribution in [2.24, 2.45) is 17.8 Å². The van der Waals surface area contributed by atoms with Gasteiger partial charge in [0.05, 0.1) is 31.2 Å². The average Bonchev–Trinajstić information content (AvgIpc) is 3.47. The number of hydrogen-bond acceptors (Lipinski definition) is 6. The van der Waals surface area contributed by atoms with E-state index >= 15 is 0 Å². The Morgan fingerprint density at radius 3 is 2.29 bits per heavy atom. The topological polar surface area (TPSA) is 120 Å². The average molecular weight is 630 g/mol. The van der Waals surface area contributed by atoms with Crippen LogP contribution in [0.5, 0.6) is 0 Å². The molecule has 4 amide bonds. The second kappa shape index (κ2) is 18.9. The Bertz CT molecular complexity index is 1080. The smallest absolute Gasteiger partial charge is 0.242 e. The zero-order valence-corrected chi connectivity index (χ0v) is 29.1. The lowest BCUT2D eigenvalue weighted by Gasteiger charge is -2.38. The minimum absolute atomic E-state index is 0.00555. The summed E-state index contributed by atoms with van der Waals surface area (Å²) < 4.78 is 5.89. The van der Waals surface area contributed by atoms with Crippen LogP contribution in [0, 0.1) is 17.8 Å². The number of likely N-dealkylation sites (tertiary alicyclic amines) is 1. The van der Waals surface area contributed by atoms with Crippen LogP contribution in [0.25, 0.3) is 0 Å². The quantitative estimate of drug-likeness (QED) is 0.229. The van der Waals surface area contributed by atoms with E-state index in [-0.39, 0.29) is 72.5 Å². The van der Waals surface area contributed by atoms with Crippen molar-refractivity contribution in [1.82, 2.24) is 25.8 Å². The van der Waals surface area contributed by atoms with Gasteiger partial charge in [-0.05, 0) is 57.1 Å². The van der Waals surface area contributed by atoms with Gasteiger partial charge < -0.3 is 30.5 Å². The Balaban J connectivity index is 2.02. The van der Waals surface area contributed by atoms with Crippen LogP contribution in [0.15, 0.2) is 30.3 Å². The van der Waals surface area contributed by atoms with Crippen LogP contribution in [0.2, 0.25) is 0 Å². The highest BCUT2D eigenvalue weighted by molar-refractivity contribution is 5.87. The first kappa shape index (κ1) is 38.2. The summed E-state index contributed by atoms with van der Waals surface area (Å²) in [6.07, 6.45) is 3.53. The zero-order valence-electron chi connectivity index (χ0n) is 29.1. The monoisotopic (exact) mass is 629 g/mol. The maximum Gasteiger partial charge on any atom is 0.242 e. The molecule has 1 aromatic rings. The number of rotatable bonds is 18. The van der Waals surface area contributed by atoms with E-state index in [1.807, 2.05) is 50.8 Å². The van der Waals surface area contributed by atoms with Gasteiger partial charge in [0, 0.05) is 38.7 Å². The van der Waals surface area contributed by atoms with Gasteiger partial charge in [-0.2, -0.15) is 0 Å². The Hall–Kier alpha value is -2.98. The second-order valence-corrected chi connectivity index (χ2v) is 13.2. The number of nitrogens with zero attached hydrogens (tertiary/aromatic N) is 2. The fraction of sp³-hybridized carbons (Fsp3) is 0.714. The van der Waals surface area contributed by atoms with E-state index in [0.717, 1.165) is 25.7 Å². The number of likely N-dealkylation sites (N-methyl/N-ethyl adjacent to an activating group) is 2. The third-order valence-corrected chi connectivity index (χ3v) is 9.35. The van der Waals surface area contributed by atoms with Gasteiger partial charge in [-0.1, -0.05) is 71.4 Å². The molecule has 45 heavy (non-hydrogen) atoms. The van der Waals surface area contributed by atoms with Crippen LogP contribution < -0.4 is 16.0 Å². The van der Waals surface area contributed by atoms with Crippen molar-refractivity contribution in [2.75, 3.05) is 34.3 Å². The summed E-state index contributed by atoms with van der Waals surface area (Å²) >= 11 is 0. The number of nitrogens with one attached hydrogen (secondary N) is 3. The maximum atomic E-state index is 13.7. The van der Waals surface area contributed by atoms with E-state index in [2.05, 4.69) is 41.9 Å². The fourth-order valence-electron chi connectivity index (χ4n) is 6.53. The van der Waals surface area contributed by atoms with Crippen LogP contribution >= 0.6 is 0 Å². The molecule has 10 heteroatoms. The minimum Gasteiger partial charge on any atom is -0.379 e. The van der Waals surface area contributed by atoms with Gasteiger partial charge in [0.25, 0.3) is 0 Å². The number of carbonyl (C=O) groups is 4. The largest absolute Gasteiger partial charge is 0.379 e. The van der Waals surface area contributed by atoms with Gasteiger partial charge in [-0.25, -0.2) is 0 Å². The SMILES string of the molecule is CC[C@H](C)[C@@H]([C@@H](CC(=O)N1CCC[C@H]1C[C@@H](C)C(=O)N[C@H](C)Cc1ccccc1)OC)N(C)C(=O)CNC(=O)[C@@H](NC)C(C)C. The Labute approximate surface area is 271 Å². The molecule has 0 unspecified atom stereocenters. The summed E-state index contributed by atoms with van der Waals surface area (Å²) in [4.78, 5) is 56.2. The highest BCUT2D eigenvalue weighted by atomic mass is 16.5. The first-order chi connectivity index (χ1) is 21.3. The number of methoxy groups -OCH3 is 1. The van der Waals surface area contributed by atoms with E-state index in [0.29, 0.717) is 13.0 Å². The summed E-state index contributed by atoms with van der Waals surface area (Å²) in [7, 11) is 5.03. The molecule has 2 rings (SSSR count). The highest BCUT2D eigenvalue weighted by Gasteiger charge is 2.38. The third-order valence-electron chi connectivity index (χ3n) is 9.35. The maximum absolute atomic E-state index is 13.7. The Morgan fingerprint density at radius 2 is 1.71 bits per heavy atom. The molecule has 1 fully saturated rings. The molecule has 254 valence electrons. The van der Waals surface area contributed by atoms with Crippen LogP contribution in [0.3, 0.4) is 0 Å². The molecule has 1 heterocycles. The number of hydrogen-bond donors (Lipinski definition) is 3. The molecular weight excluding hydrogens is 570 g/mol. The van der Waals surface area contributed by atoms with E-state index in [1.54, 1.807) is 26.1 Å². The van der Waals surface area contributed by atoms with Crippen molar-refractivity contribution in [3.8, 4) is 0 Å². The molecule has 10 nitrogen and oxygen atoms in total. The normalized spacial score (nSPS) is 18.9. The van der Waals surface area contributed by atoms with Crippen LogP contribution in [-0.4, -0.2) is 98.0 Å². The molecule has 0 bridgehead atoms. The summed E-state index contributed by atoms with van der Waals surface area (Å²) in [5, 5.41) is 8.91. The van der Waals surface area contributed by atoms with Gasteiger partial charge in [0.15, 0.2) is 0 Å². The van der Waals surface area contributed by atoms with Gasteiger partial charge in [-0.3, -0.25) is 19.2 Å². The summed E-state index contributed by atoms with van der Waals surface area (Å²) in [5.74, 6) is -0.566. The second-order valence-electron chi connectivity index (χ2n) is 13.2. The number of amides is 4. The number of ether oxygens (including phenoxy) is 1. The highest BCUT2D eigenvalue weighted by Crippen LogP contribution is 2.27. The van der Waals surface area contributed by atoms with E-state index in [4.69, 9.17) is 4.74 Å². The molecule has 3 N–H and O–H groups in total. The molecule has 1 saturated heterocycles. The van der Waals surface area contributed by atoms with Crippen LogP contribution in [-0.2, 0) is 30.3 Å². The van der Waals surface area contributed by atoms with Crippen molar-refractivity contribution in [2.45, 2.75) is 110 Å². The van der Waals surface area contributed by atoms with E-state index in [1.165, 1.54) is 5.56 Å². The lowest BCUT2D eigenvalue weighted by Crippen LogP contribution is -2.54. The number of carbonyl (C=O) groups excluding carboxylic acids is 4. The predicted molar refractivity (Wildman–Crippen MR) is 178 cm³/mol. The molecule has 0 saturated carbocycles. The van der Waals surface area contributed by atoms with Crippen LogP contribution in [0.1, 0.15) is 79.2 Å². The molecule has 0 spiro atoms. The lowest BCUT2D eigenvalue weighted by molar-refractivity contribution is -0.143. The molecule has 7 atom stereocenters. The summed E-state index contributed by atoms with van der Waals surface area (Å²) in [6, 6.07) is 9.36. The van der Waals surface area contributed by atoms with Crippen molar-refractivity contribution in [1.29, 1.82) is 0 Å². The van der Waals surface area contributed by atoms with E-state index < -0.39 is 12.1 Å². The molecule has 1 aliphatic rings. The predicted octanol–water partition coefficient (Wildman–Crippen LogP) is 3.39. The van der Waals surface area contributed by atoms with Crippen molar-refractivity contribution in [3.63, 3.8) is 0 Å². The molecule has 0 aromatic heterocycles. The third kappa shape index (κ3) is 11.4. The Kier molecular flexibility index (Phi) is 16.0. The van der Waals surface area contributed by atoms with Crippen molar-refractivity contribution >= 4 is 23.6 Å². The summed E-state index contributed by atoms with van der Waals surface area (Å²) in [5.41, 5.74) is 1.18. The lowest BCUT2D eigenvalue weighted by atomic mass is 9.90. The molecule has 0 aliphatic carbocycles. The first-order valence-corrected chi connectivity index (χ1v) is 16.7. The van der Waals surface area contributed by atoms with Crippen LogP contribution in [0.4, 0.5) is 0 Å². The fourth-order valence-corrected chi connectivity index (χ4v) is 6.53. The van der Waals surface area contributed by atoms with E-state index in [9.17, 15) is 19.2 Å². The molecule has 1 aliphatic heterocycles. The van der Waals surface area contributed by atoms with Gasteiger partial charge in [0.1, 0.15) is 0 Å². The van der Waals surface area contributed by atoms with Gasteiger partial charge in [0.2, 0.25) is 23.6 Å². The zero-order chi connectivity index (χ0) is 33.7. The molecule has 1 aromatic carbocycles. The van der Waals surface area contributed by atoms with Gasteiger partial charge in [-0.15, -0.1) is 0 Å². The Morgan fingerprint density at radius 1 is 1.04 bits per heavy atom. The first-order valence-electron chi connectivity index (χ1n) is 16.7. The molecular formula is C35H59N5O5. The van der Waals surface area contributed by atoms with Crippen molar-refractivity contribution in [3.05, 3.63) is 35.9 Å². The van der Waals surface area contributed by atoms with Crippen molar-refractivity contribution < 1.29 is 23.9 Å².